The molecular weight excluding hydrogens is 418 g/mol. The van der Waals surface area contributed by atoms with Gasteiger partial charge in [-0.1, -0.05) is 0 Å². The Labute approximate surface area is 177 Å². The zero-order chi connectivity index (χ0) is 24.1. The number of aliphatic hydroxyl groups excluding tert-OH is 1. The number of hydrogen-bond acceptors (Lipinski definition) is 8. The second-order valence-corrected chi connectivity index (χ2v) is 6.55. The number of nitrogens with two attached hydrogens (primary N) is 3. The minimum Gasteiger partial charge on any atom is -0.481 e. The number of guanidine groups is 1. The molecule has 0 rings (SSSR count). The van der Waals surface area contributed by atoms with E-state index in [-0.39, 0.29) is 25.3 Å². The molecule has 0 bridgehead atoms. The van der Waals surface area contributed by atoms with Crippen molar-refractivity contribution in [1.29, 1.82) is 0 Å². The third-order valence-electron chi connectivity index (χ3n) is 3.84. The van der Waals surface area contributed by atoms with E-state index >= 15 is 0 Å². The van der Waals surface area contributed by atoms with Crippen molar-refractivity contribution in [1.82, 2.24) is 16.0 Å². The fraction of sp³-hybridized carbons (Fsp3) is 0.625. The number of carboxylic acids is 2. The van der Waals surface area contributed by atoms with Crippen LogP contribution in [-0.2, 0) is 24.0 Å². The number of carbonyl (C=O) groups is 5. The normalized spacial score (nSPS) is 14.3. The van der Waals surface area contributed by atoms with Crippen LogP contribution >= 0.6 is 0 Å². The molecular formula is C16H29N7O8. The van der Waals surface area contributed by atoms with E-state index in [1.54, 1.807) is 0 Å². The van der Waals surface area contributed by atoms with E-state index in [4.69, 9.17) is 27.4 Å². The maximum Gasteiger partial charge on any atom is 0.326 e. The summed E-state index contributed by atoms with van der Waals surface area (Å²) in [5, 5.41) is 33.5. The zero-order valence-electron chi connectivity index (χ0n) is 16.9. The predicted octanol–water partition coefficient (Wildman–Crippen LogP) is -4.61. The van der Waals surface area contributed by atoms with Gasteiger partial charge in [0.25, 0.3) is 0 Å². The van der Waals surface area contributed by atoms with Gasteiger partial charge in [0.15, 0.2) is 5.96 Å². The number of aliphatic carboxylic acids is 2. The molecule has 0 aliphatic carbocycles. The van der Waals surface area contributed by atoms with E-state index in [1.807, 2.05) is 5.32 Å². The van der Waals surface area contributed by atoms with Gasteiger partial charge in [0.1, 0.15) is 18.1 Å². The number of hydrogen-bond donors (Lipinski definition) is 9. The monoisotopic (exact) mass is 447 g/mol. The van der Waals surface area contributed by atoms with Gasteiger partial charge in [0.05, 0.1) is 19.1 Å². The summed E-state index contributed by atoms with van der Waals surface area (Å²) in [5.41, 5.74) is 15.9. The smallest absolute Gasteiger partial charge is 0.326 e. The molecule has 0 aromatic carbocycles. The van der Waals surface area contributed by atoms with E-state index in [0.717, 1.165) is 0 Å². The van der Waals surface area contributed by atoms with E-state index in [2.05, 4.69) is 15.6 Å². The number of nitrogens with zero attached hydrogens (tertiary/aromatic N) is 1. The second kappa shape index (κ2) is 13.7. The number of aliphatic imine (C=N–C) groups is 1. The highest BCUT2D eigenvalue weighted by Gasteiger charge is 2.27. The van der Waals surface area contributed by atoms with Gasteiger partial charge in [-0.05, 0) is 19.8 Å². The highest BCUT2D eigenvalue weighted by Crippen LogP contribution is 2.01. The number of nitrogens with one attached hydrogen (secondary N) is 3. The molecule has 12 N–H and O–H groups in total. The number of rotatable bonds is 14. The molecule has 4 unspecified atom stereocenters. The highest BCUT2D eigenvalue weighted by atomic mass is 16.4. The SMILES string of the molecule is CC(O)C(N)C(=O)NC(CCCN=C(N)N)C(=O)NCC(=O)NC(CC(=O)O)C(=O)O. The van der Waals surface area contributed by atoms with Crippen molar-refractivity contribution >= 4 is 35.6 Å². The molecule has 0 saturated carbocycles. The molecule has 0 aliphatic heterocycles. The molecule has 176 valence electrons. The molecule has 0 radical (unpaired) electrons. The largest absolute Gasteiger partial charge is 0.481 e. The predicted molar refractivity (Wildman–Crippen MR) is 106 cm³/mol. The van der Waals surface area contributed by atoms with Gasteiger partial charge in [-0.25, -0.2) is 4.79 Å². The summed E-state index contributed by atoms with van der Waals surface area (Å²) in [6.45, 7) is 0.768. The first-order valence-corrected chi connectivity index (χ1v) is 9.16. The Balaban J connectivity index is 4.97. The Morgan fingerprint density at radius 3 is 2.10 bits per heavy atom. The van der Waals surface area contributed by atoms with Crippen LogP contribution in [0.15, 0.2) is 4.99 Å². The molecule has 15 nitrogen and oxygen atoms in total. The maximum atomic E-state index is 12.4. The van der Waals surface area contributed by atoms with Crippen molar-refractivity contribution < 1.29 is 39.3 Å². The van der Waals surface area contributed by atoms with Crippen LogP contribution in [0.1, 0.15) is 26.2 Å². The third kappa shape index (κ3) is 12.0. The van der Waals surface area contributed by atoms with Crippen molar-refractivity contribution in [3.8, 4) is 0 Å². The van der Waals surface area contributed by atoms with E-state index in [0.29, 0.717) is 0 Å². The number of carbonyl (C=O) groups excluding carboxylic acids is 3. The highest BCUT2D eigenvalue weighted by molar-refractivity contribution is 5.93. The van der Waals surface area contributed by atoms with Gasteiger partial charge in [0, 0.05) is 6.54 Å². The van der Waals surface area contributed by atoms with E-state index in [1.165, 1.54) is 6.92 Å². The van der Waals surface area contributed by atoms with Gasteiger partial charge < -0.3 is 48.5 Å². The topological polar surface area (TPSA) is 273 Å². The van der Waals surface area contributed by atoms with Gasteiger partial charge >= 0.3 is 11.9 Å². The van der Waals surface area contributed by atoms with Crippen molar-refractivity contribution in [2.45, 2.75) is 50.4 Å². The second-order valence-electron chi connectivity index (χ2n) is 6.55. The van der Waals surface area contributed by atoms with E-state index < -0.39 is 66.9 Å². The van der Waals surface area contributed by atoms with Crippen molar-refractivity contribution in [3.63, 3.8) is 0 Å². The lowest BCUT2D eigenvalue weighted by molar-refractivity contribution is -0.147. The molecule has 0 saturated heterocycles. The lowest BCUT2D eigenvalue weighted by Crippen LogP contribution is -2.55. The Kier molecular flexibility index (Phi) is 12.2. The standard InChI is InChI=1S/C16H29N7O8/c1-7(24)12(17)14(29)23-8(3-2-4-20-16(18)19)13(28)21-6-10(25)22-9(15(30)31)5-11(26)27/h7-9,12,24H,2-6,17H2,1H3,(H,21,28)(H,22,25)(H,23,29)(H,26,27)(H,30,31)(H4,18,19,20). The minimum absolute atomic E-state index is 0.0548. The lowest BCUT2D eigenvalue weighted by atomic mass is 10.1. The Morgan fingerprint density at radius 1 is 1.00 bits per heavy atom. The Bertz CT molecular complexity index is 693. The summed E-state index contributed by atoms with van der Waals surface area (Å²) >= 11 is 0. The Hall–Kier alpha value is -3.46. The van der Waals surface area contributed by atoms with Crippen LogP contribution in [0.3, 0.4) is 0 Å². The zero-order valence-corrected chi connectivity index (χ0v) is 16.9. The average Bonchev–Trinajstić information content (AvgIpc) is 2.66. The average molecular weight is 447 g/mol. The first-order valence-electron chi connectivity index (χ1n) is 9.16. The summed E-state index contributed by atoms with van der Waals surface area (Å²) in [6, 6.07) is -4.14. The molecule has 31 heavy (non-hydrogen) atoms. The molecule has 4 atom stereocenters. The summed E-state index contributed by atoms with van der Waals surface area (Å²) in [6.07, 6.45) is -1.71. The lowest BCUT2D eigenvalue weighted by Gasteiger charge is -2.21. The summed E-state index contributed by atoms with van der Waals surface area (Å²) in [5.74, 6) is -5.71. The van der Waals surface area contributed by atoms with Crippen LogP contribution in [0.5, 0.6) is 0 Å². The first-order chi connectivity index (χ1) is 14.3. The van der Waals surface area contributed by atoms with Crippen molar-refractivity contribution in [2.75, 3.05) is 13.1 Å². The van der Waals surface area contributed by atoms with Gasteiger partial charge in [-0.15, -0.1) is 0 Å². The number of amides is 3. The first kappa shape index (κ1) is 27.5. The fourth-order valence-corrected chi connectivity index (χ4v) is 2.17. The minimum atomic E-state index is -1.68. The Morgan fingerprint density at radius 2 is 1.61 bits per heavy atom. The van der Waals surface area contributed by atoms with Crippen molar-refractivity contribution in [2.24, 2.45) is 22.2 Å². The van der Waals surface area contributed by atoms with Crippen LogP contribution in [0.25, 0.3) is 0 Å². The van der Waals surface area contributed by atoms with Crippen LogP contribution in [0.2, 0.25) is 0 Å². The van der Waals surface area contributed by atoms with Gasteiger partial charge in [-0.3, -0.25) is 24.2 Å². The third-order valence-corrected chi connectivity index (χ3v) is 3.84. The van der Waals surface area contributed by atoms with Crippen LogP contribution in [0, 0.1) is 0 Å². The van der Waals surface area contributed by atoms with Crippen LogP contribution in [-0.4, -0.2) is 88.3 Å². The molecule has 3 amide bonds. The quantitative estimate of drug-likeness (QED) is 0.0693. The van der Waals surface area contributed by atoms with Crippen LogP contribution < -0.4 is 33.2 Å². The van der Waals surface area contributed by atoms with E-state index in [9.17, 15) is 29.1 Å². The number of carboxylic acid groups (broad SMARTS) is 2. The molecule has 0 aromatic heterocycles. The van der Waals surface area contributed by atoms with Crippen LogP contribution in [0.4, 0.5) is 0 Å². The summed E-state index contributed by atoms with van der Waals surface area (Å²) in [4.78, 5) is 61.7. The molecule has 0 aromatic rings. The molecule has 0 fully saturated rings. The number of aliphatic hydroxyl groups is 1. The van der Waals surface area contributed by atoms with Crippen molar-refractivity contribution in [3.05, 3.63) is 0 Å². The molecule has 15 heteroatoms. The fourth-order valence-electron chi connectivity index (χ4n) is 2.17. The molecule has 0 spiro atoms. The summed E-state index contributed by atoms with van der Waals surface area (Å²) < 4.78 is 0. The van der Waals surface area contributed by atoms with Gasteiger partial charge in [0.2, 0.25) is 17.7 Å². The summed E-state index contributed by atoms with van der Waals surface area (Å²) in [7, 11) is 0. The maximum absolute atomic E-state index is 12.4. The van der Waals surface area contributed by atoms with Gasteiger partial charge in [-0.2, -0.15) is 0 Å². The molecule has 0 heterocycles. The molecule has 0 aliphatic rings.